The summed E-state index contributed by atoms with van der Waals surface area (Å²) < 4.78 is 0. The molecule has 3 heterocycles. The molecule has 7 heteroatoms. The Bertz CT molecular complexity index is 724. The smallest absolute Gasteiger partial charge is 0.256 e. The van der Waals surface area contributed by atoms with Gasteiger partial charge in [-0.1, -0.05) is 6.07 Å². The molecule has 2 fully saturated rings. The summed E-state index contributed by atoms with van der Waals surface area (Å²) in [6.07, 6.45) is 3.51. The number of para-hydroxylation sites is 1. The zero-order valence-electron chi connectivity index (χ0n) is 13.8. The minimum atomic E-state index is 0. The number of fused-ring (bicyclic) bond motifs is 1. The molecule has 24 heavy (non-hydrogen) atoms. The first kappa shape index (κ1) is 19.0. The second-order valence-corrected chi connectivity index (χ2v) is 6.78. The number of aromatic amines is 1. The molecular weight excluding hydrogens is 347 g/mol. The molecule has 2 aliphatic rings. The van der Waals surface area contributed by atoms with Crippen LogP contribution >= 0.6 is 24.8 Å². The van der Waals surface area contributed by atoms with Crippen molar-refractivity contribution in [3.05, 3.63) is 29.6 Å². The van der Waals surface area contributed by atoms with E-state index in [-0.39, 0.29) is 30.7 Å². The van der Waals surface area contributed by atoms with Crippen LogP contribution in [0.4, 0.5) is 0 Å². The number of benzene rings is 1. The van der Waals surface area contributed by atoms with Gasteiger partial charge in [0.25, 0.3) is 5.91 Å². The number of H-pyrrole nitrogens is 1. The first-order chi connectivity index (χ1) is 10.7. The molecule has 1 atom stereocenters. The zero-order chi connectivity index (χ0) is 15.2. The van der Waals surface area contributed by atoms with Gasteiger partial charge in [0, 0.05) is 25.0 Å². The number of hydrogen-bond acceptors (Lipinski definition) is 3. The first-order valence-electron chi connectivity index (χ1n) is 8.12. The van der Waals surface area contributed by atoms with Gasteiger partial charge in [-0.2, -0.15) is 0 Å². The molecule has 4 rings (SSSR count). The third-order valence-corrected chi connectivity index (χ3v) is 5.14. The average Bonchev–Trinajstić information content (AvgIpc) is 3.12. The number of aromatic nitrogens is 2. The third-order valence-electron chi connectivity index (χ3n) is 5.14. The Morgan fingerprint density at radius 2 is 2.12 bits per heavy atom. The number of piperidine rings is 1. The standard InChI is InChI=1S/C17H22N4O.2ClH/c1-12-19-14-5-2-4-13(15(14)20-12)16(22)21-9-3-6-17(11-21)7-8-18-10-17;;/h2,4-5,18H,3,6-11H2,1H3,(H,19,20);2*1H. The van der Waals surface area contributed by atoms with Gasteiger partial charge in [0.1, 0.15) is 11.3 Å². The average molecular weight is 371 g/mol. The number of nitrogens with zero attached hydrogens (tertiary/aromatic N) is 2. The lowest BCUT2D eigenvalue weighted by atomic mass is 9.79. The van der Waals surface area contributed by atoms with Crippen LogP contribution in [-0.4, -0.2) is 47.0 Å². The summed E-state index contributed by atoms with van der Waals surface area (Å²) in [5, 5.41) is 3.46. The SMILES string of the molecule is Cc1nc2c(C(=O)N3CCCC4(CCNC4)C3)cccc2[nH]1.Cl.Cl. The highest BCUT2D eigenvalue weighted by Crippen LogP contribution is 2.36. The van der Waals surface area contributed by atoms with E-state index in [0.29, 0.717) is 5.41 Å². The molecule has 0 saturated carbocycles. The van der Waals surface area contributed by atoms with Gasteiger partial charge < -0.3 is 15.2 Å². The summed E-state index contributed by atoms with van der Waals surface area (Å²) in [6.45, 7) is 5.78. The molecule has 2 aromatic rings. The van der Waals surface area contributed by atoms with Crippen LogP contribution in [0.5, 0.6) is 0 Å². The van der Waals surface area contributed by atoms with E-state index < -0.39 is 0 Å². The summed E-state index contributed by atoms with van der Waals surface area (Å²) in [6, 6.07) is 5.81. The van der Waals surface area contributed by atoms with Crippen molar-refractivity contribution < 1.29 is 4.79 Å². The van der Waals surface area contributed by atoms with E-state index in [0.717, 1.165) is 55.0 Å². The second kappa shape index (κ2) is 7.30. The van der Waals surface area contributed by atoms with Crippen LogP contribution in [0.1, 0.15) is 35.4 Å². The summed E-state index contributed by atoms with van der Waals surface area (Å²) in [7, 11) is 0. The van der Waals surface area contributed by atoms with Crippen molar-refractivity contribution >= 4 is 41.8 Å². The monoisotopic (exact) mass is 370 g/mol. The topological polar surface area (TPSA) is 61.0 Å². The Hall–Kier alpha value is -1.30. The molecule has 2 saturated heterocycles. The molecule has 0 aliphatic carbocycles. The normalized spacial score (nSPS) is 23.1. The number of carbonyl (C=O) groups is 1. The van der Waals surface area contributed by atoms with Crippen LogP contribution in [0, 0.1) is 12.3 Å². The highest BCUT2D eigenvalue weighted by atomic mass is 35.5. The summed E-state index contributed by atoms with van der Waals surface area (Å²) in [5.41, 5.74) is 2.76. The van der Waals surface area contributed by atoms with Crippen LogP contribution < -0.4 is 5.32 Å². The van der Waals surface area contributed by atoms with E-state index in [1.165, 1.54) is 12.8 Å². The van der Waals surface area contributed by atoms with Gasteiger partial charge >= 0.3 is 0 Å². The number of amides is 1. The lowest BCUT2D eigenvalue weighted by Gasteiger charge is -2.40. The van der Waals surface area contributed by atoms with Crippen LogP contribution in [0.2, 0.25) is 0 Å². The molecule has 1 aromatic heterocycles. The van der Waals surface area contributed by atoms with Crippen molar-refractivity contribution in [1.29, 1.82) is 0 Å². The molecule has 1 unspecified atom stereocenters. The van der Waals surface area contributed by atoms with E-state index in [1.807, 2.05) is 30.0 Å². The number of nitrogens with one attached hydrogen (secondary N) is 2. The number of hydrogen-bond donors (Lipinski definition) is 2. The number of halogens is 2. The highest BCUT2D eigenvalue weighted by molar-refractivity contribution is 6.04. The minimum absolute atomic E-state index is 0. The lowest BCUT2D eigenvalue weighted by molar-refractivity contribution is 0.0555. The van der Waals surface area contributed by atoms with Crippen LogP contribution in [0.15, 0.2) is 18.2 Å². The first-order valence-corrected chi connectivity index (χ1v) is 8.12. The molecule has 5 nitrogen and oxygen atoms in total. The molecule has 0 radical (unpaired) electrons. The van der Waals surface area contributed by atoms with E-state index in [1.54, 1.807) is 0 Å². The molecule has 2 aliphatic heterocycles. The molecule has 2 N–H and O–H groups in total. The molecule has 132 valence electrons. The molecule has 1 aromatic carbocycles. The van der Waals surface area contributed by atoms with Gasteiger partial charge in [0.15, 0.2) is 0 Å². The summed E-state index contributed by atoms with van der Waals surface area (Å²) in [4.78, 5) is 22.8. The van der Waals surface area contributed by atoms with Gasteiger partial charge in [0.2, 0.25) is 0 Å². The van der Waals surface area contributed by atoms with Gasteiger partial charge in [0.05, 0.1) is 11.1 Å². The maximum absolute atomic E-state index is 13.0. The Morgan fingerprint density at radius 3 is 2.88 bits per heavy atom. The second-order valence-electron chi connectivity index (χ2n) is 6.78. The summed E-state index contributed by atoms with van der Waals surface area (Å²) in [5.74, 6) is 0.980. The fraction of sp³-hybridized carbons (Fsp3) is 0.529. The minimum Gasteiger partial charge on any atom is -0.342 e. The lowest BCUT2D eigenvalue weighted by Crippen LogP contribution is -2.47. The molecule has 0 bridgehead atoms. The number of aryl methyl sites for hydroxylation is 1. The van der Waals surface area contributed by atoms with Gasteiger partial charge in [-0.3, -0.25) is 4.79 Å². The maximum Gasteiger partial charge on any atom is 0.256 e. The Labute approximate surface area is 154 Å². The fourth-order valence-corrected chi connectivity index (χ4v) is 4.02. The number of likely N-dealkylation sites (tertiary alicyclic amines) is 1. The van der Waals surface area contributed by atoms with E-state index in [2.05, 4.69) is 15.3 Å². The third kappa shape index (κ3) is 3.25. The van der Waals surface area contributed by atoms with Crippen LogP contribution in [-0.2, 0) is 0 Å². The highest BCUT2D eigenvalue weighted by Gasteiger charge is 2.39. The van der Waals surface area contributed by atoms with Crippen molar-refractivity contribution in [3.63, 3.8) is 0 Å². The quantitative estimate of drug-likeness (QED) is 0.810. The van der Waals surface area contributed by atoms with E-state index in [9.17, 15) is 4.79 Å². The van der Waals surface area contributed by atoms with E-state index >= 15 is 0 Å². The van der Waals surface area contributed by atoms with Gasteiger partial charge in [-0.15, -0.1) is 24.8 Å². The van der Waals surface area contributed by atoms with Crippen LogP contribution in [0.25, 0.3) is 11.0 Å². The van der Waals surface area contributed by atoms with Crippen molar-refractivity contribution in [2.24, 2.45) is 5.41 Å². The largest absolute Gasteiger partial charge is 0.342 e. The molecular formula is C17H24Cl2N4O. The van der Waals surface area contributed by atoms with Crippen molar-refractivity contribution in [2.75, 3.05) is 26.2 Å². The summed E-state index contributed by atoms with van der Waals surface area (Å²) >= 11 is 0. The van der Waals surface area contributed by atoms with E-state index in [4.69, 9.17) is 0 Å². The van der Waals surface area contributed by atoms with Crippen molar-refractivity contribution in [2.45, 2.75) is 26.2 Å². The number of imidazole rings is 1. The van der Waals surface area contributed by atoms with Crippen molar-refractivity contribution in [3.8, 4) is 0 Å². The van der Waals surface area contributed by atoms with Gasteiger partial charge in [-0.25, -0.2) is 4.98 Å². The Balaban J connectivity index is 0.00000104. The predicted molar refractivity (Wildman–Crippen MR) is 100 cm³/mol. The number of carbonyl (C=O) groups excluding carboxylic acids is 1. The predicted octanol–water partition coefficient (Wildman–Crippen LogP) is 2.93. The maximum atomic E-state index is 13.0. The molecule has 1 amide bonds. The number of rotatable bonds is 1. The van der Waals surface area contributed by atoms with Gasteiger partial charge in [-0.05, 0) is 44.9 Å². The molecule has 1 spiro atoms. The van der Waals surface area contributed by atoms with Crippen molar-refractivity contribution in [1.82, 2.24) is 20.2 Å². The Kier molecular flexibility index (Phi) is 5.78. The zero-order valence-corrected chi connectivity index (χ0v) is 15.4. The Morgan fingerprint density at radius 1 is 1.29 bits per heavy atom. The van der Waals surface area contributed by atoms with Crippen LogP contribution in [0.3, 0.4) is 0 Å². The fourth-order valence-electron chi connectivity index (χ4n) is 4.02.